The molecule has 158 valence electrons. The minimum atomic E-state index is 0.674. The average molecular weight is 407 g/mol. The Morgan fingerprint density at radius 1 is 1.23 bits per heavy atom. The van der Waals surface area contributed by atoms with E-state index in [9.17, 15) is 0 Å². The molecular weight excluding hydrogens is 376 g/mol. The first-order valence-electron chi connectivity index (χ1n) is 10.7. The van der Waals surface area contributed by atoms with Crippen LogP contribution in [0, 0.1) is 12.8 Å². The zero-order valence-electron chi connectivity index (χ0n) is 17.8. The number of fused-ring (bicyclic) bond motifs is 1. The highest BCUT2D eigenvalue weighted by Gasteiger charge is 2.22. The van der Waals surface area contributed by atoms with Crippen LogP contribution in [0.1, 0.15) is 30.7 Å². The van der Waals surface area contributed by atoms with Crippen LogP contribution in [0.25, 0.3) is 11.0 Å². The van der Waals surface area contributed by atoms with E-state index in [1.165, 1.54) is 18.4 Å². The van der Waals surface area contributed by atoms with Gasteiger partial charge in [-0.1, -0.05) is 12.1 Å². The van der Waals surface area contributed by atoms with E-state index in [4.69, 9.17) is 4.74 Å². The molecule has 30 heavy (non-hydrogen) atoms. The van der Waals surface area contributed by atoms with Gasteiger partial charge in [-0.25, -0.2) is 9.97 Å². The van der Waals surface area contributed by atoms with Crippen molar-refractivity contribution in [2.45, 2.75) is 39.3 Å². The number of rotatable bonds is 9. The van der Waals surface area contributed by atoms with Gasteiger partial charge in [0.2, 0.25) is 5.88 Å². The van der Waals surface area contributed by atoms with Crippen molar-refractivity contribution in [2.24, 2.45) is 10.9 Å². The van der Waals surface area contributed by atoms with Crippen LogP contribution in [0.2, 0.25) is 0 Å². The molecule has 4 rings (SSSR count). The summed E-state index contributed by atoms with van der Waals surface area (Å²) in [5.41, 5.74) is 3.37. The maximum Gasteiger partial charge on any atom is 0.213 e. The molecule has 0 spiro atoms. The number of ether oxygens (including phenoxy) is 1. The van der Waals surface area contributed by atoms with Crippen LogP contribution in [0.5, 0.6) is 5.88 Å². The zero-order chi connectivity index (χ0) is 20.8. The van der Waals surface area contributed by atoms with E-state index in [0.29, 0.717) is 12.4 Å². The van der Waals surface area contributed by atoms with Gasteiger partial charge in [0.05, 0.1) is 17.6 Å². The summed E-state index contributed by atoms with van der Waals surface area (Å²) in [6.45, 7) is 5.26. The summed E-state index contributed by atoms with van der Waals surface area (Å²) < 4.78 is 8.04. The number of aromatic nitrogens is 3. The van der Waals surface area contributed by atoms with Gasteiger partial charge in [0.15, 0.2) is 5.96 Å². The number of para-hydroxylation sites is 2. The highest BCUT2D eigenvalue weighted by atomic mass is 16.5. The molecule has 1 aromatic carbocycles. The summed E-state index contributed by atoms with van der Waals surface area (Å²) in [4.78, 5) is 13.3. The third-order valence-electron chi connectivity index (χ3n) is 5.34. The fourth-order valence-corrected chi connectivity index (χ4v) is 3.46. The molecule has 1 aliphatic carbocycles. The molecule has 1 saturated carbocycles. The molecule has 2 aromatic heterocycles. The van der Waals surface area contributed by atoms with Gasteiger partial charge in [0.1, 0.15) is 5.82 Å². The molecule has 1 fully saturated rings. The largest absolute Gasteiger partial charge is 0.477 e. The normalized spacial score (nSPS) is 14.1. The van der Waals surface area contributed by atoms with Crippen LogP contribution in [0.15, 0.2) is 47.6 Å². The number of nitrogens with one attached hydrogen (secondary N) is 2. The first-order chi connectivity index (χ1) is 14.7. The fourth-order valence-electron chi connectivity index (χ4n) is 3.46. The number of pyridine rings is 1. The van der Waals surface area contributed by atoms with Crippen LogP contribution in [0.4, 0.5) is 0 Å². The van der Waals surface area contributed by atoms with Crippen molar-refractivity contribution in [2.75, 3.05) is 20.2 Å². The Morgan fingerprint density at radius 2 is 2.10 bits per heavy atom. The first-order valence-corrected chi connectivity index (χ1v) is 10.7. The van der Waals surface area contributed by atoms with Crippen molar-refractivity contribution in [1.29, 1.82) is 0 Å². The van der Waals surface area contributed by atoms with E-state index in [2.05, 4.69) is 55.3 Å². The molecule has 2 heterocycles. The second-order valence-electron chi connectivity index (χ2n) is 7.76. The SMILES string of the molecule is CN=C(NCCCn1c(C)nc2ccccc21)NCc1ccnc(OCC2CC2)c1. The predicted octanol–water partition coefficient (Wildman–Crippen LogP) is 3.28. The highest BCUT2D eigenvalue weighted by Crippen LogP contribution is 2.29. The first kappa shape index (κ1) is 20.2. The van der Waals surface area contributed by atoms with Gasteiger partial charge < -0.3 is 19.9 Å². The number of benzene rings is 1. The Kier molecular flexibility index (Phi) is 6.47. The standard InChI is InChI=1S/C23H30N6O/c1-17-28-20-6-3-4-7-21(20)29(17)13-5-11-26-23(24-2)27-15-19-10-12-25-22(14-19)30-16-18-8-9-18/h3-4,6-7,10,12,14,18H,5,8-9,11,13,15-16H2,1-2H3,(H2,24,26,27). The Morgan fingerprint density at radius 3 is 2.93 bits per heavy atom. The topological polar surface area (TPSA) is 76.4 Å². The van der Waals surface area contributed by atoms with Crippen molar-refractivity contribution in [3.63, 3.8) is 0 Å². The van der Waals surface area contributed by atoms with Gasteiger partial charge in [-0.2, -0.15) is 0 Å². The predicted molar refractivity (Wildman–Crippen MR) is 120 cm³/mol. The lowest BCUT2D eigenvalue weighted by Gasteiger charge is -2.13. The van der Waals surface area contributed by atoms with Gasteiger partial charge in [0.25, 0.3) is 0 Å². The summed E-state index contributed by atoms with van der Waals surface area (Å²) in [6.07, 6.45) is 5.34. The van der Waals surface area contributed by atoms with Crippen molar-refractivity contribution in [3.05, 3.63) is 54.0 Å². The Balaban J connectivity index is 1.22. The Labute approximate surface area is 177 Å². The molecule has 0 bridgehead atoms. The van der Waals surface area contributed by atoms with Gasteiger partial charge in [-0.15, -0.1) is 0 Å². The summed E-state index contributed by atoms with van der Waals surface area (Å²) in [5, 5.41) is 6.75. The lowest BCUT2D eigenvalue weighted by atomic mass is 10.2. The monoisotopic (exact) mass is 406 g/mol. The maximum atomic E-state index is 5.77. The number of hydrogen-bond acceptors (Lipinski definition) is 4. The molecule has 0 amide bonds. The molecule has 1 aliphatic rings. The summed E-state index contributed by atoms with van der Waals surface area (Å²) in [6, 6.07) is 12.3. The lowest BCUT2D eigenvalue weighted by Crippen LogP contribution is -2.37. The third kappa shape index (κ3) is 5.28. The van der Waals surface area contributed by atoms with Gasteiger partial charge >= 0.3 is 0 Å². The molecule has 0 radical (unpaired) electrons. The van der Waals surface area contributed by atoms with Crippen LogP contribution in [0.3, 0.4) is 0 Å². The van der Waals surface area contributed by atoms with Gasteiger partial charge in [0, 0.05) is 38.9 Å². The van der Waals surface area contributed by atoms with E-state index >= 15 is 0 Å². The van der Waals surface area contributed by atoms with Crippen molar-refractivity contribution in [3.8, 4) is 5.88 Å². The zero-order valence-corrected chi connectivity index (χ0v) is 17.8. The number of imidazole rings is 1. The van der Waals surface area contributed by atoms with Gasteiger partial charge in [-0.3, -0.25) is 4.99 Å². The van der Waals surface area contributed by atoms with E-state index in [1.807, 2.05) is 18.2 Å². The number of aliphatic imine (C=N–C) groups is 1. The molecule has 3 aromatic rings. The lowest BCUT2D eigenvalue weighted by molar-refractivity contribution is 0.288. The maximum absolute atomic E-state index is 5.77. The minimum absolute atomic E-state index is 0.674. The molecule has 0 saturated heterocycles. The van der Waals surface area contributed by atoms with Crippen LogP contribution in [-0.4, -0.2) is 40.7 Å². The van der Waals surface area contributed by atoms with E-state index in [0.717, 1.165) is 54.9 Å². The molecule has 0 unspecified atom stereocenters. The highest BCUT2D eigenvalue weighted by molar-refractivity contribution is 5.79. The molecule has 0 atom stereocenters. The second kappa shape index (κ2) is 9.61. The van der Waals surface area contributed by atoms with Crippen molar-refractivity contribution in [1.82, 2.24) is 25.2 Å². The minimum Gasteiger partial charge on any atom is -0.477 e. The van der Waals surface area contributed by atoms with E-state index in [1.54, 1.807) is 13.2 Å². The summed E-state index contributed by atoms with van der Waals surface area (Å²) in [5.74, 6) is 3.27. The van der Waals surface area contributed by atoms with E-state index < -0.39 is 0 Å². The number of guanidine groups is 1. The van der Waals surface area contributed by atoms with Crippen molar-refractivity contribution >= 4 is 17.0 Å². The number of nitrogens with zero attached hydrogens (tertiary/aromatic N) is 4. The van der Waals surface area contributed by atoms with Crippen LogP contribution < -0.4 is 15.4 Å². The van der Waals surface area contributed by atoms with Crippen LogP contribution in [-0.2, 0) is 13.1 Å². The quantitative estimate of drug-likeness (QED) is 0.324. The summed E-state index contributed by atoms with van der Waals surface area (Å²) in [7, 11) is 1.79. The second-order valence-corrected chi connectivity index (χ2v) is 7.76. The van der Waals surface area contributed by atoms with E-state index in [-0.39, 0.29) is 0 Å². The van der Waals surface area contributed by atoms with Crippen LogP contribution >= 0.6 is 0 Å². The van der Waals surface area contributed by atoms with Crippen molar-refractivity contribution < 1.29 is 4.74 Å². The molecule has 7 nitrogen and oxygen atoms in total. The van der Waals surface area contributed by atoms with Gasteiger partial charge in [-0.05, 0) is 55.9 Å². The molecule has 0 aliphatic heterocycles. The summed E-state index contributed by atoms with van der Waals surface area (Å²) >= 11 is 0. The molecule has 2 N–H and O–H groups in total. The smallest absolute Gasteiger partial charge is 0.213 e. The average Bonchev–Trinajstić information content (AvgIpc) is 3.54. The fraction of sp³-hybridized carbons (Fsp3) is 0.435. The third-order valence-corrected chi connectivity index (χ3v) is 5.34. The number of aryl methyl sites for hydroxylation is 2. The Bertz CT molecular complexity index is 1010. The molecular formula is C23H30N6O. The Hall–Kier alpha value is -3.09. The molecule has 7 heteroatoms. The number of hydrogen-bond donors (Lipinski definition) is 2.